The molecule has 0 unspecified atom stereocenters. The minimum absolute atomic E-state index is 0.0227. The van der Waals surface area contributed by atoms with Crippen molar-refractivity contribution in [2.45, 2.75) is 20.8 Å². The molecule has 1 amide bonds. The third-order valence-corrected chi connectivity index (χ3v) is 3.63. The Morgan fingerprint density at radius 2 is 2.22 bits per heavy atom. The van der Waals surface area contributed by atoms with E-state index in [1.54, 1.807) is 0 Å². The summed E-state index contributed by atoms with van der Waals surface area (Å²) in [5.74, 6) is -0.0409. The highest BCUT2D eigenvalue weighted by Crippen LogP contribution is 2.36. The summed E-state index contributed by atoms with van der Waals surface area (Å²) in [6, 6.07) is 0. The minimum atomic E-state index is -0.351. The van der Waals surface area contributed by atoms with E-state index in [4.69, 9.17) is 10.3 Å². The van der Waals surface area contributed by atoms with Gasteiger partial charge in [0.25, 0.3) is 17.6 Å². The molecule has 18 heavy (non-hydrogen) atoms. The molecule has 2 heterocycles. The van der Waals surface area contributed by atoms with Crippen LogP contribution in [-0.2, 0) is 0 Å². The molecule has 0 saturated heterocycles. The highest BCUT2D eigenvalue weighted by Gasteiger charge is 2.20. The standard InChI is InChI=1S/C11H14N4O2S/c1-4-13-10(16)9-14-11(17-15-9)7-5(2)6(3)18-8(7)12/h4,12H2,1-3H3,(H,13,16). The van der Waals surface area contributed by atoms with E-state index in [-0.39, 0.29) is 17.6 Å². The van der Waals surface area contributed by atoms with Crippen LogP contribution in [0.2, 0.25) is 0 Å². The molecule has 7 heteroatoms. The highest BCUT2D eigenvalue weighted by molar-refractivity contribution is 7.16. The molecular weight excluding hydrogens is 252 g/mol. The molecule has 0 aliphatic carbocycles. The Hall–Kier alpha value is -1.89. The molecule has 0 spiro atoms. The van der Waals surface area contributed by atoms with Gasteiger partial charge in [0.2, 0.25) is 0 Å². The van der Waals surface area contributed by atoms with E-state index in [0.29, 0.717) is 11.5 Å². The summed E-state index contributed by atoms with van der Waals surface area (Å²) in [5.41, 5.74) is 7.63. The van der Waals surface area contributed by atoms with Crippen LogP contribution in [0.25, 0.3) is 11.5 Å². The number of aryl methyl sites for hydroxylation is 1. The van der Waals surface area contributed by atoms with Gasteiger partial charge in [-0.2, -0.15) is 4.98 Å². The van der Waals surface area contributed by atoms with Crippen LogP contribution in [0.1, 0.15) is 28.0 Å². The summed E-state index contributed by atoms with van der Waals surface area (Å²) in [6.07, 6.45) is 0. The lowest BCUT2D eigenvalue weighted by molar-refractivity contribution is 0.0942. The lowest BCUT2D eigenvalue weighted by Gasteiger charge is -1.95. The van der Waals surface area contributed by atoms with Gasteiger partial charge in [-0.05, 0) is 26.3 Å². The van der Waals surface area contributed by atoms with Gasteiger partial charge in [0.15, 0.2) is 0 Å². The van der Waals surface area contributed by atoms with Crippen molar-refractivity contribution in [1.29, 1.82) is 0 Å². The van der Waals surface area contributed by atoms with E-state index < -0.39 is 0 Å². The maximum Gasteiger partial charge on any atom is 0.292 e. The molecule has 3 N–H and O–H groups in total. The Labute approximate surface area is 108 Å². The topological polar surface area (TPSA) is 94.0 Å². The van der Waals surface area contributed by atoms with Crippen LogP contribution in [0.3, 0.4) is 0 Å². The SMILES string of the molecule is CCNC(=O)c1noc(-c2c(N)sc(C)c2C)n1. The zero-order chi connectivity index (χ0) is 13.3. The number of amides is 1. The van der Waals surface area contributed by atoms with Crippen LogP contribution < -0.4 is 11.1 Å². The normalized spacial score (nSPS) is 10.6. The molecule has 0 radical (unpaired) electrons. The molecular formula is C11H14N4O2S. The Morgan fingerprint density at radius 1 is 1.50 bits per heavy atom. The summed E-state index contributed by atoms with van der Waals surface area (Å²) in [6.45, 7) is 6.25. The molecule has 0 aromatic carbocycles. The van der Waals surface area contributed by atoms with Crippen LogP contribution in [0.15, 0.2) is 4.52 Å². The van der Waals surface area contributed by atoms with Gasteiger partial charge in [0, 0.05) is 11.4 Å². The summed E-state index contributed by atoms with van der Waals surface area (Å²) in [7, 11) is 0. The Morgan fingerprint density at radius 3 is 2.78 bits per heavy atom. The van der Waals surface area contributed by atoms with E-state index in [2.05, 4.69) is 15.5 Å². The van der Waals surface area contributed by atoms with E-state index in [1.165, 1.54) is 11.3 Å². The molecule has 2 rings (SSSR count). The van der Waals surface area contributed by atoms with Gasteiger partial charge in [0.1, 0.15) is 0 Å². The molecule has 2 aromatic heterocycles. The summed E-state index contributed by atoms with van der Waals surface area (Å²) >= 11 is 1.47. The Kier molecular flexibility index (Phi) is 3.33. The third-order valence-electron chi connectivity index (χ3n) is 2.59. The highest BCUT2D eigenvalue weighted by atomic mass is 32.1. The molecule has 0 bridgehead atoms. The summed E-state index contributed by atoms with van der Waals surface area (Å²) in [4.78, 5) is 16.7. The van der Waals surface area contributed by atoms with Crippen LogP contribution in [0, 0.1) is 13.8 Å². The lowest BCUT2D eigenvalue weighted by atomic mass is 10.1. The number of rotatable bonds is 3. The second kappa shape index (κ2) is 4.77. The fourth-order valence-electron chi connectivity index (χ4n) is 1.58. The van der Waals surface area contributed by atoms with Crippen molar-refractivity contribution >= 4 is 22.2 Å². The average molecular weight is 266 g/mol. The van der Waals surface area contributed by atoms with Crippen molar-refractivity contribution in [3.63, 3.8) is 0 Å². The van der Waals surface area contributed by atoms with E-state index in [9.17, 15) is 4.79 Å². The number of carbonyl (C=O) groups is 1. The molecule has 0 atom stereocenters. The summed E-state index contributed by atoms with van der Waals surface area (Å²) < 4.78 is 5.10. The van der Waals surface area contributed by atoms with Crippen molar-refractivity contribution in [1.82, 2.24) is 15.5 Å². The number of aromatic nitrogens is 2. The maximum atomic E-state index is 11.5. The predicted octanol–water partition coefficient (Wildman–Crippen LogP) is 1.75. The van der Waals surface area contributed by atoms with E-state index >= 15 is 0 Å². The molecule has 0 aliphatic rings. The van der Waals surface area contributed by atoms with Crippen LogP contribution in [-0.4, -0.2) is 22.6 Å². The quantitative estimate of drug-likeness (QED) is 0.882. The van der Waals surface area contributed by atoms with Gasteiger partial charge in [-0.15, -0.1) is 11.3 Å². The van der Waals surface area contributed by atoms with Gasteiger partial charge in [-0.1, -0.05) is 5.16 Å². The number of carbonyl (C=O) groups excluding carboxylic acids is 1. The molecule has 0 fully saturated rings. The van der Waals surface area contributed by atoms with Gasteiger partial charge in [0.05, 0.1) is 10.6 Å². The second-order valence-electron chi connectivity index (χ2n) is 3.81. The Bertz CT molecular complexity index is 588. The van der Waals surface area contributed by atoms with E-state index in [1.807, 2.05) is 20.8 Å². The molecule has 2 aromatic rings. The zero-order valence-corrected chi connectivity index (χ0v) is 11.2. The van der Waals surface area contributed by atoms with Gasteiger partial charge >= 0.3 is 0 Å². The minimum Gasteiger partial charge on any atom is -0.390 e. The third kappa shape index (κ3) is 2.08. The first kappa shape index (κ1) is 12.6. The first-order chi connectivity index (χ1) is 8.54. The van der Waals surface area contributed by atoms with Crippen molar-refractivity contribution in [2.75, 3.05) is 12.3 Å². The van der Waals surface area contributed by atoms with Gasteiger partial charge in [-0.3, -0.25) is 4.79 Å². The van der Waals surface area contributed by atoms with Crippen molar-refractivity contribution < 1.29 is 9.32 Å². The number of hydrogen-bond acceptors (Lipinski definition) is 6. The van der Waals surface area contributed by atoms with Crippen molar-refractivity contribution in [2.24, 2.45) is 0 Å². The van der Waals surface area contributed by atoms with Gasteiger partial charge in [-0.25, -0.2) is 0 Å². The Balaban J connectivity index is 2.38. The first-order valence-corrected chi connectivity index (χ1v) is 6.34. The number of hydrogen-bond donors (Lipinski definition) is 2. The number of nitrogen functional groups attached to an aromatic ring is 1. The number of nitrogens with zero attached hydrogens (tertiary/aromatic N) is 2. The molecule has 96 valence electrons. The number of thiophene rings is 1. The van der Waals surface area contributed by atoms with Gasteiger partial charge < -0.3 is 15.6 Å². The molecule has 6 nitrogen and oxygen atoms in total. The van der Waals surface area contributed by atoms with Crippen LogP contribution in [0.5, 0.6) is 0 Å². The number of nitrogens with one attached hydrogen (secondary N) is 1. The molecule has 0 aliphatic heterocycles. The van der Waals surface area contributed by atoms with E-state index in [0.717, 1.165) is 16.0 Å². The smallest absolute Gasteiger partial charge is 0.292 e. The monoisotopic (exact) mass is 266 g/mol. The lowest BCUT2D eigenvalue weighted by Crippen LogP contribution is -2.23. The van der Waals surface area contributed by atoms with Crippen molar-refractivity contribution in [3.8, 4) is 11.5 Å². The first-order valence-electron chi connectivity index (χ1n) is 5.52. The number of anilines is 1. The fraction of sp³-hybridized carbons (Fsp3) is 0.364. The van der Waals surface area contributed by atoms with Crippen LogP contribution >= 0.6 is 11.3 Å². The van der Waals surface area contributed by atoms with Crippen molar-refractivity contribution in [3.05, 3.63) is 16.3 Å². The predicted molar refractivity (Wildman–Crippen MR) is 69.5 cm³/mol. The average Bonchev–Trinajstić information content (AvgIpc) is 2.86. The van der Waals surface area contributed by atoms with Crippen LogP contribution in [0.4, 0.5) is 5.00 Å². The largest absolute Gasteiger partial charge is 0.390 e. The molecule has 0 saturated carbocycles. The zero-order valence-electron chi connectivity index (χ0n) is 10.4. The second-order valence-corrected chi connectivity index (χ2v) is 5.06. The summed E-state index contributed by atoms with van der Waals surface area (Å²) in [5, 5.41) is 6.88. The maximum absolute atomic E-state index is 11.5. The number of nitrogens with two attached hydrogens (primary N) is 1. The fourth-order valence-corrected chi connectivity index (χ4v) is 2.50.